The first-order valence-electron chi connectivity index (χ1n) is 6.11. The topological polar surface area (TPSA) is 117 Å². The van der Waals surface area contributed by atoms with Crippen molar-refractivity contribution < 1.29 is 4.52 Å². The third-order valence-corrected chi connectivity index (χ3v) is 3.40. The number of thioether (sulfide) groups is 1. The van der Waals surface area contributed by atoms with Crippen molar-refractivity contribution in [2.24, 2.45) is 0 Å². The van der Waals surface area contributed by atoms with Crippen LogP contribution in [0.3, 0.4) is 0 Å². The zero-order valence-electron chi connectivity index (χ0n) is 10.9. The fourth-order valence-electron chi connectivity index (χ4n) is 1.67. The van der Waals surface area contributed by atoms with E-state index in [1.807, 2.05) is 30.3 Å². The zero-order valence-corrected chi connectivity index (χ0v) is 11.7. The van der Waals surface area contributed by atoms with Gasteiger partial charge in [0.05, 0.1) is 5.75 Å². The monoisotopic (exact) mass is 300 g/mol. The molecule has 106 valence electrons. The van der Waals surface area contributed by atoms with Gasteiger partial charge in [-0.2, -0.15) is 4.98 Å². The number of aromatic nitrogens is 4. The van der Waals surface area contributed by atoms with Gasteiger partial charge in [-0.3, -0.25) is 0 Å². The molecule has 0 unspecified atom stereocenters. The fourth-order valence-corrected chi connectivity index (χ4v) is 2.38. The summed E-state index contributed by atoms with van der Waals surface area (Å²) >= 11 is 1.33. The van der Waals surface area contributed by atoms with Crippen molar-refractivity contribution in [1.82, 2.24) is 20.1 Å². The number of rotatable bonds is 4. The number of benzene rings is 1. The molecule has 4 N–H and O–H groups in total. The molecule has 21 heavy (non-hydrogen) atoms. The molecule has 7 nitrogen and oxygen atoms in total. The minimum Gasteiger partial charge on any atom is -0.383 e. The standard InChI is InChI=1S/C13H12N6OS/c14-9-6-10(15)17-13(16-9)21-7-11-18-12(19-20-11)8-4-2-1-3-5-8/h1-6H,7H2,(H4,14,15,16,17). The first-order valence-corrected chi connectivity index (χ1v) is 7.10. The minimum atomic E-state index is 0.334. The minimum absolute atomic E-state index is 0.334. The molecule has 0 radical (unpaired) electrons. The summed E-state index contributed by atoms with van der Waals surface area (Å²) in [6, 6.07) is 11.1. The lowest BCUT2D eigenvalue weighted by Gasteiger charge is -2.00. The molecule has 2 aromatic heterocycles. The van der Waals surface area contributed by atoms with E-state index in [0.717, 1.165) is 5.56 Å². The summed E-state index contributed by atoms with van der Waals surface area (Å²) in [6.07, 6.45) is 0. The number of nitrogens with two attached hydrogens (primary N) is 2. The average Bonchev–Trinajstić information content (AvgIpc) is 2.94. The van der Waals surface area contributed by atoms with Gasteiger partial charge < -0.3 is 16.0 Å². The quantitative estimate of drug-likeness (QED) is 0.555. The molecule has 0 aliphatic rings. The molecule has 0 atom stereocenters. The molecule has 1 aromatic carbocycles. The summed E-state index contributed by atoms with van der Waals surface area (Å²) < 4.78 is 5.20. The second-order valence-corrected chi connectivity index (χ2v) is 5.11. The van der Waals surface area contributed by atoms with Crippen LogP contribution in [-0.4, -0.2) is 20.1 Å². The second-order valence-electron chi connectivity index (χ2n) is 4.17. The highest BCUT2D eigenvalue weighted by Gasteiger charge is 2.10. The molecule has 3 rings (SSSR count). The Morgan fingerprint density at radius 3 is 2.43 bits per heavy atom. The van der Waals surface area contributed by atoms with Crippen LogP contribution in [-0.2, 0) is 5.75 Å². The molecule has 0 aliphatic carbocycles. The molecule has 0 amide bonds. The molecule has 0 spiro atoms. The van der Waals surface area contributed by atoms with E-state index < -0.39 is 0 Å². The Bertz CT molecular complexity index is 725. The van der Waals surface area contributed by atoms with Crippen molar-refractivity contribution in [3.05, 3.63) is 42.3 Å². The maximum Gasteiger partial charge on any atom is 0.237 e. The smallest absolute Gasteiger partial charge is 0.237 e. The molecular weight excluding hydrogens is 288 g/mol. The number of hydrogen-bond donors (Lipinski definition) is 2. The van der Waals surface area contributed by atoms with E-state index in [0.29, 0.717) is 34.3 Å². The van der Waals surface area contributed by atoms with Crippen LogP contribution in [0.25, 0.3) is 11.4 Å². The highest BCUT2D eigenvalue weighted by molar-refractivity contribution is 7.98. The Morgan fingerprint density at radius 2 is 1.71 bits per heavy atom. The van der Waals surface area contributed by atoms with Gasteiger partial charge in [0.15, 0.2) is 5.16 Å². The van der Waals surface area contributed by atoms with E-state index in [2.05, 4.69) is 20.1 Å². The van der Waals surface area contributed by atoms with Crippen molar-refractivity contribution >= 4 is 23.4 Å². The fraction of sp³-hybridized carbons (Fsp3) is 0.0769. The summed E-state index contributed by atoms with van der Waals surface area (Å²) in [5.41, 5.74) is 12.1. The normalized spacial score (nSPS) is 10.7. The molecule has 0 saturated carbocycles. The van der Waals surface area contributed by atoms with Gasteiger partial charge in [0.1, 0.15) is 11.6 Å². The predicted molar refractivity (Wildman–Crippen MR) is 80.2 cm³/mol. The molecule has 3 aromatic rings. The SMILES string of the molecule is Nc1cc(N)nc(SCc2nc(-c3ccccc3)no2)n1. The van der Waals surface area contributed by atoms with Gasteiger partial charge in [0.25, 0.3) is 0 Å². The lowest BCUT2D eigenvalue weighted by molar-refractivity contribution is 0.391. The Hall–Kier alpha value is -2.61. The zero-order chi connectivity index (χ0) is 14.7. The first kappa shape index (κ1) is 13.4. The van der Waals surface area contributed by atoms with Gasteiger partial charge >= 0.3 is 0 Å². The highest BCUT2D eigenvalue weighted by Crippen LogP contribution is 2.22. The molecule has 8 heteroatoms. The summed E-state index contributed by atoms with van der Waals surface area (Å²) in [5.74, 6) is 2.16. The van der Waals surface area contributed by atoms with Gasteiger partial charge in [0.2, 0.25) is 11.7 Å². The molecule has 2 heterocycles. The van der Waals surface area contributed by atoms with E-state index in [1.165, 1.54) is 17.8 Å². The van der Waals surface area contributed by atoms with Crippen LogP contribution in [0.4, 0.5) is 11.6 Å². The lowest BCUT2D eigenvalue weighted by atomic mass is 10.2. The Kier molecular flexibility index (Phi) is 3.69. The number of anilines is 2. The highest BCUT2D eigenvalue weighted by atomic mass is 32.2. The molecular formula is C13H12N6OS. The molecule has 0 fully saturated rings. The third kappa shape index (κ3) is 3.29. The summed E-state index contributed by atoms with van der Waals surface area (Å²) in [5, 5.41) is 4.42. The Morgan fingerprint density at radius 1 is 1.00 bits per heavy atom. The number of hydrogen-bond acceptors (Lipinski definition) is 8. The van der Waals surface area contributed by atoms with Crippen molar-refractivity contribution in [3.8, 4) is 11.4 Å². The average molecular weight is 300 g/mol. The largest absolute Gasteiger partial charge is 0.383 e. The van der Waals surface area contributed by atoms with Gasteiger partial charge in [-0.1, -0.05) is 47.3 Å². The van der Waals surface area contributed by atoms with E-state index >= 15 is 0 Å². The van der Waals surface area contributed by atoms with Crippen molar-refractivity contribution in [2.45, 2.75) is 10.9 Å². The van der Waals surface area contributed by atoms with E-state index in [9.17, 15) is 0 Å². The van der Waals surface area contributed by atoms with E-state index in [1.54, 1.807) is 0 Å². The van der Waals surface area contributed by atoms with Crippen LogP contribution in [0.2, 0.25) is 0 Å². The molecule has 0 saturated heterocycles. The van der Waals surface area contributed by atoms with Crippen LogP contribution < -0.4 is 11.5 Å². The summed E-state index contributed by atoms with van der Waals surface area (Å²) in [7, 11) is 0. The van der Waals surface area contributed by atoms with Gasteiger partial charge in [-0.05, 0) is 0 Å². The van der Waals surface area contributed by atoms with Crippen molar-refractivity contribution in [1.29, 1.82) is 0 Å². The van der Waals surface area contributed by atoms with Crippen LogP contribution in [0.1, 0.15) is 5.89 Å². The predicted octanol–water partition coefficient (Wildman–Crippen LogP) is 1.98. The maximum absolute atomic E-state index is 5.61. The van der Waals surface area contributed by atoms with Gasteiger partial charge in [-0.15, -0.1) is 0 Å². The maximum atomic E-state index is 5.61. The van der Waals surface area contributed by atoms with Crippen molar-refractivity contribution in [2.75, 3.05) is 11.5 Å². The third-order valence-electron chi connectivity index (χ3n) is 2.57. The van der Waals surface area contributed by atoms with E-state index in [4.69, 9.17) is 16.0 Å². The van der Waals surface area contributed by atoms with Gasteiger partial charge in [0, 0.05) is 11.6 Å². The lowest BCUT2D eigenvalue weighted by Crippen LogP contribution is -1.99. The summed E-state index contributed by atoms with van der Waals surface area (Å²) in [6.45, 7) is 0. The van der Waals surface area contributed by atoms with Crippen LogP contribution in [0.5, 0.6) is 0 Å². The van der Waals surface area contributed by atoms with Crippen LogP contribution >= 0.6 is 11.8 Å². The summed E-state index contributed by atoms with van der Waals surface area (Å²) in [4.78, 5) is 12.5. The van der Waals surface area contributed by atoms with Crippen LogP contribution in [0, 0.1) is 0 Å². The van der Waals surface area contributed by atoms with Crippen molar-refractivity contribution in [3.63, 3.8) is 0 Å². The number of nitrogen functional groups attached to an aromatic ring is 2. The first-order chi connectivity index (χ1) is 10.2. The van der Waals surface area contributed by atoms with Crippen LogP contribution in [0.15, 0.2) is 46.1 Å². The molecule has 0 bridgehead atoms. The Labute approximate surface area is 124 Å². The second kappa shape index (κ2) is 5.80. The van der Waals surface area contributed by atoms with E-state index in [-0.39, 0.29) is 0 Å². The Balaban J connectivity index is 1.70. The number of nitrogens with zero attached hydrogens (tertiary/aromatic N) is 4. The van der Waals surface area contributed by atoms with Gasteiger partial charge in [-0.25, -0.2) is 9.97 Å². The molecule has 0 aliphatic heterocycles.